The van der Waals surface area contributed by atoms with Gasteiger partial charge in [0.2, 0.25) is 0 Å². The summed E-state index contributed by atoms with van der Waals surface area (Å²) in [6, 6.07) is 5.36. The molecule has 0 amide bonds. The molecule has 0 saturated carbocycles. The van der Waals surface area contributed by atoms with Gasteiger partial charge in [0.1, 0.15) is 5.75 Å². The van der Waals surface area contributed by atoms with Crippen LogP contribution in [0.25, 0.3) is 10.8 Å². The van der Waals surface area contributed by atoms with Gasteiger partial charge in [-0.2, -0.15) is 0 Å². The Labute approximate surface area is 87.3 Å². The highest BCUT2D eigenvalue weighted by Crippen LogP contribution is 2.17. The molecule has 4 nitrogen and oxygen atoms in total. The van der Waals surface area contributed by atoms with E-state index in [1.165, 1.54) is 7.11 Å². The van der Waals surface area contributed by atoms with Crippen LogP contribution >= 0.6 is 0 Å². The molecule has 2 aromatic rings. The SMILES string of the molecule is COc1ccc2ccncc2c1B(O)O. The van der Waals surface area contributed by atoms with E-state index < -0.39 is 7.12 Å². The van der Waals surface area contributed by atoms with Gasteiger partial charge in [-0.25, -0.2) is 0 Å². The van der Waals surface area contributed by atoms with Crippen LogP contribution in [0.1, 0.15) is 0 Å². The van der Waals surface area contributed by atoms with Gasteiger partial charge in [-0.05, 0) is 17.5 Å². The number of nitrogens with zero attached hydrogens (tertiary/aromatic N) is 1. The number of fused-ring (bicyclic) bond motifs is 1. The van der Waals surface area contributed by atoms with Crippen LogP contribution in [-0.4, -0.2) is 29.3 Å². The summed E-state index contributed by atoms with van der Waals surface area (Å²) < 4.78 is 5.07. The topological polar surface area (TPSA) is 62.6 Å². The van der Waals surface area contributed by atoms with Crippen molar-refractivity contribution in [2.45, 2.75) is 0 Å². The minimum atomic E-state index is -1.56. The predicted octanol–water partition coefficient (Wildman–Crippen LogP) is -0.0768. The molecule has 0 radical (unpaired) electrons. The molecule has 0 saturated heterocycles. The van der Waals surface area contributed by atoms with Crippen LogP contribution < -0.4 is 10.2 Å². The number of aromatic nitrogens is 1. The zero-order valence-electron chi connectivity index (χ0n) is 8.21. The van der Waals surface area contributed by atoms with Crippen molar-refractivity contribution in [3.63, 3.8) is 0 Å². The fraction of sp³-hybridized carbons (Fsp3) is 0.100. The number of hydrogen-bond donors (Lipinski definition) is 2. The molecule has 0 aliphatic heterocycles. The van der Waals surface area contributed by atoms with Gasteiger partial charge in [0.25, 0.3) is 0 Å². The summed E-state index contributed by atoms with van der Waals surface area (Å²) in [5, 5.41) is 20.1. The Morgan fingerprint density at radius 1 is 1.27 bits per heavy atom. The van der Waals surface area contributed by atoms with E-state index in [0.29, 0.717) is 16.6 Å². The van der Waals surface area contributed by atoms with Gasteiger partial charge in [-0.3, -0.25) is 4.98 Å². The summed E-state index contributed by atoms with van der Waals surface area (Å²) in [5.74, 6) is 0.450. The molecule has 0 atom stereocenters. The van der Waals surface area contributed by atoms with Crippen LogP contribution in [0, 0.1) is 0 Å². The standard InChI is InChI=1S/C10H10BNO3/c1-15-9-3-2-7-4-5-12-6-8(7)10(9)11(13)14/h2-6,13-14H,1H3. The van der Waals surface area contributed by atoms with Crippen molar-refractivity contribution < 1.29 is 14.8 Å². The first-order valence-corrected chi connectivity index (χ1v) is 4.51. The van der Waals surface area contributed by atoms with E-state index in [2.05, 4.69) is 4.98 Å². The fourth-order valence-electron chi connectivity index (χ4n) is 1.61. The highest BCUT2D eigenvalue weighted by atomic mass is 16.5. The summed E-state index contributed by atoms with van der Waals surface area (Å²) in [7, 11) is -0.0727. The molecule has 0 aliphatic rings. The zero-order valence-corrected chi connectivity index (χ0v) is 8.21. The Morgan fingerprint density at radius 3 is 2.73 bits per heavy atom. The molecule has 0 bridgehead atoms. The minimum absolute atomic E-state index is 0.350. The van der Waals surface area contributed by atoms with Gasteiger partial charge >= 0.3 is 7.12 Å². The van der Waals surface area contributed by atoms with E-state index in [-0.39, 0.29) is 0 Å². The van der Waals surface area contributed by atoms with Gasteiger partial charge in [-0.15, -0.1) is 0 Å². The van der Waals surface area contributed by atoms with Crippen LogP contribution in [0.2, 0.25) is 0 Å². The van der Waals surface area contributed by atoms with E-state index in [1.807, 2.05) is 6.07 Å². The highest BCUT2D eigenvalue weighted by Gasteiger charge is 2.20. The summed E-state index contributed by atoms with van der Waals surface area (Å²) in [4.78, 5) is 3.95. The van der Waals surface area contributed by atoms with E-state index in [9.17, 15) is 10.0 Å². The summed E-state index contributed by atoms with van der Waals surface area (Å²) in [6.45, 7) is 0. The first-order chi connectivity index (χ1) is 7.24. The van der Waals surface area contributed by atoms with Crippen LogP contribution in [0.5, 0.6) is 5.75 Å². The molecule has 15 heavy (non-hydrogen) atoms. The Balaban J connectivity index is 2.79. The smallest absolute Gasteiger partial charge is 0.492 e. The molecule has 0 spiro atoms. The second kappa shape index (κ2) is 3.88. The molecular weight excluding hydrogens is 193 g/mol. The quantitative estimate of drug-likeness (QED) is 0.670. The molecule has 0 fully saturated rings. The lowest BCUT2D eigenvalue weighted by Gasteiger charge is -2.10. The summed E-state index contributed by atoms with van der Waals surface area (Å²) >= 11 is 0. The number of rotatable bonds is 2. The first-order valence-electron chi connectivity index (χ1n) is 4.51. The number of benzene rings is 1. The van der Waals surface area contributed by atoms with Crippen molar-refractivity contribution in [1.29, 1.82) is 0 Å². The van der Waals surface area contributed by atoms with E-state index in [1.54, 1.807) is 24.5 Å². The lowest BCUT2D eigenvalue weighted by atomic mass is 9.77. The molecule has 2 N–H and O–H groups in total. The van der Waals surface area contributed by atoms with Crippen LogP contribution in [0.15, 0.2) is 30.6 Å². The molecule has 1 aromatic heterocycles. The van der Waals surface area contributed by atoms with Crippen LogP contribution in [0.4, 0.5) is 0 Å². The monoisotopic (exact) mass is 203 g/mol. The van der Waals surface area contributed by atoms with Gasteiger partial charge in [0.05, 0.1) is 7.11 Å². The predicted molar refractivity (Wildman–Crippen MR) is 58.1 cm³/mol. The van der Waals surface area contributed by atoms with Crippen LogP contribution in [0.3, 0.4) is 0 Å². The Kier molecular flexibility index (Phi) is 2.57. The maximum Gasteiger partial charge on any atom is 0.492 e. The average Bonchev–Trinajstić information content (AvgIpc) is 2.27. The minimum Gasteiger partial charge on any atom is -0.497 e. The third-order valence-corrected chi connectivity index (χ3v) is 2.30. The van der Waals surface area contributed by atoms with Crippen molar-refractivity contribution in [3.8, 4) is 5.75 Å². The molecule has 76 valence electrons. The highest BCUT2D eigenvalue weighted by molar-refractivity contribution is 6.63. The van der Waals surface area contributed by atoms with E-state index >= 15 is 0 Å². The summed E-state index contributed by atoms with van der Waals surface area (Å²) in [6.07, 6.45) is 3.25. The molecular formula is C10H10BNO3. The van der Waals surface area contributed by atoms with Crippen molar-refractivity contribution in [2.75, 3.05) is 7.11 Å². The lowest BCUT2D eigenvalue weighted by Crippen LogP contribution is -2.32. The normalized spacial score (nSPS) is 10.3. The van der Waals surface area contributed by atoms with Crippen molar-refractivity contribution >= 4 is 23.4 Å². The first kappa shape index (κ1) is 9.95. The number of methoxy groups -OCH3 is 1. The number of ether oxygens (including phenoxy) is 1. The Hall–Kier alpha value is -1.59. The Bertz CT molecular complexity index is 487. The van der Waals surface area contributed by atoms with Crippen molar-refractivity contribution in [3.05, 3.63) is 30.6 Å². The molecule has 0 aliphatic carbocycles. The van der Waals surface area contributed by atoms with Crippen LogP contribution in [-0.2, 0) is 0 Å². The fourth-order valence-corrected chi connectivity index (χ4v) is 1.61. The van der Waals surface area contributed by atoms with Crippen molar-refractivity contribution in [2.24, 2.45) is 0 Å². The van der Waals surface area contributed by atoms with E-state index in [4.69, 9.17) is 4.74 Å². The third-order valence-electron chi connectivity index (χ3n) is 2.30. The van der Waals surface area contributed by atoms with Crippen molar-refractivity contribution in [1.82, 2.24) is 4.98 Å². The largest absolute Gasteiger partial charge is 0.497 e. The third kappa shape index (κ3) is 1.67. The molecule has 0 unspecified atom stereocenters. The zero-order chi connectivity index (χ0) is 10.8. The molecule has 1 aromatic carbocycles. The molecule has 1 heterocycles. The summed E-state index contributed by atoms with van der Waals surface area (Å²) in [5.41, 5.74) is 0.350. The average molecular weight is 203 g/mol. The lowest BCUT2D eigenvalue weighted by molar-refractivity contribution is 0.404. The van der Waals surface area contributed by atoms with Gasteiger partial charge in [-0.1, -0.05) is 6.07 Å². The van der Waals surface area contributed by atoms with Gasteiger partial charge in [0.15, 0.2) is 0 Å². The molecule has 5 heteroatoms. The van der Waals surface area contributed by atoms with E-state index in [0.717, 1.165) is 5.39 Å². The maximum atomic E-state index is 9.28. The maximum absolute atomic E-state index is 9.28. The molecule has 2 rings (SSSR count). The Morgan fingerprint density at radius 2 is 2.07 bits per heavy atom. The van der Waals surface area contributed by atoms with Gasteiger partial charge < -0.3 is 14.8 Å². The second-order valence-corrected chi connectivity index (χ2v) is 3.15. The second-order valence-electron chi connectivity index (χ2n) is 3.15. The number of hydrogen-bond acceptors (Lipinski definition) is 4. The number of pyridine rings is 1. The van der Waals surface area contributed by atoms with Gasteiger partial charge in [0, 0.05) is 23.2 Å².